The number of aromatic nitrogens is 1. The summed E-state index contributed by atoms with van der Waals surface area (Å²) < 4.78 is 17.2. The van der Waals surface area contributed by atoms with Gasteiger partial charge < -0.3 is 20.3 Å². The first-order valence-corrected chi connectivity index (χ1v) is 9.72. The number of carbonyl (C=O) groups is 1. The number of hydrogen-bond acceptors (Lipinski definition) is 4. The fourth-order valence-electron chi connectivity index (χ4n) is 4.10. The predicted molar refractivity (Wildman–Crippen MR) is 107 cm³/mol. The number of halogens is 2. The van der Waals surface area contributed by atoms with Gasteiger partial charge in [0.05, 0.1) is 21.6 Å². The smallest absolute Gasteiger partial charge is 0.341 e. The van der Waals surface area contributed by atoms with Crippen molar-refractivity contribution in [1.29, 1.82) is 0 Å². The van der Waals surface area contributed by atoms with Crippen molar-refractivity contribution in [3.8, 4) is 0 Å². The van der Waals surface area contributed by atoms with Gasteiger partial charge in [0, 0.05) is 36.9 Å². The Morgan fingerprint density at radius 1 is 1.39 bits per heavy atom. The minimum atomic E-state index is -1.33. The highest BCUT2D eigenvalue weighted by Gasteiger charge is 2.40. The van der Waals surface area contributed by atoms with Crippen molar-refractivity contribution in [3.63, 3.8) is 0 Å². The lowest BCUT2D eigenvalue weighted by Crippen LogP contribution is -2.35. The largest absolute Gasteiger partial charge is 0.477 e. The summed E-state index contributed by atoms with van der Waals surface area (Å²) in [6.07, 6.45) is 3.07. The number of carboxylic acid groups (broad SMARTS) is 1. The highest BCUT2D eigenvalue weighted by molar-refractivity contribution is 6.38. The van der Waals surface area contributed by atoms with E-state index in [0.29, 0.717) is 18.6 Å². The molecule has 0 unspecified atom stereocenters. The maximum atomic E-state index is 15.4. The van der Waals surface area contributed by atoms with E-state index in [1.165, 1.54) is 13.1 Å². The summed E-state index contributed by atoms with van der Waals surface area (Å²) in [5, 5.41) is 9.62. The van der Waals surface area contributed by atoms with Crippen LogP contribution in [0.5, 0.6) is 0 Å². The number of pyridine rings is 1. The van der Waals surface area contributed by atoms with E-state index >= 15 is 4.39 Å². The summed E-state index contributed by atoms with van der Waals surface area (Å²) in [5.74, 6) is -1.92. The normalized spacial score (nSPS) is 21.5. The highest BCUT2D eigenvalue weighted by Crippen LogP contribution is 2.45. The molecule has 4 rings (SSSR count). The summed E-state index contributed by atoms with van der Waals surface area (Å²) >= 11 is 6.69. The molecule has 1 saturated heterocycles. The van der Waals surface area contributed by atoms with E-state index in [1.54, 1.807) is 4.57 Å². The molecule has 28 heavy (non-hydrogen) atoms. The van der Waals surface area contributed by atoms with Crippen molar-refractivity contribution in [2.75, 3.05) is 18.0 Å². The van der Waals surface area contributed by atoms with Crippen molar-refractivity contribution >= 4 is 34.2 Å². The Kier molecular flexibility index (Phi) is 4.25. The van der Waals surface area contributed by atoms with Crippen LogP contribution >= 0.6 is 11.6 Å². The molecule has 2 aliphatic rings. The third kappa shape index (κ3) is 2.71. The maximum Gasteiger partial charge on any atom is 0.341 e. The molecule has 1 aromatic heterocycles. The minimum Gasteiger partial charge on any atom is -0.477 e. The molecule has 1 aliphatic carbocycles. The van der Waals surface area contributed by atoms with Gasteiger partial charge in [0.1, 0.15) is 5.56 Å². The van der Waals surface area contributed by atoms with E-state index in [0.717, 1.165) is 12.8 Å². The molecule has 0 spiro atoms. The Labute approximate surface area is 166 Å². The topological polar surface area (TPSA) is 88.6 Å². The average molecular weight is 408 g/mol. The highest BCUT2D eigenvalue weighted by atomic mass is 35.5. The van der Waals surface area contributed by atoms with Crippen LogP contribution in [0.4, 0.5) is 10.1 Å². The van der Waals surface area contributed by atoms with Crippen LogP contribution in [0.25, 0.3) is 10.9 Å². The second-order valence-corrected chi connectivity index (χ2v) is 8.99. The van der Waals surface area contributed by atoms with Crippen LogP contribution in [0, 0.1) is 18.2 Å². The molecule has 2 fully saturated rings. The lowest BCUT2D eigenvalue weighted by molar-refractivity contribution is 0.0695. The van der Waals surface area contributed by atoms with Gasteiger partial charge in [-0.15, -0.1) is 0 Å². The van der Waals surface area contributed by atoms with Crippen LogP contribution in [0.15, 0.2) is 11.0 Å². The Balaban J connectivity index is 2.06. The van der Waals surface area contributed by atoms with Crippen LogP contribution in [0.3, 0.4) is 0 Å². The van der Waals surface area contributed by atoms with Gasteiger partial charge in [-0.1, -0.05) is 25.4 Å². The van der Waals surface area contributed by atoms with Gasteiger partial charge in [-0.3, -0.25) is 4.79 Å². The number of nitrogens with two attached hydrogens (primary N) is 1. The SMILES string of the molecule is Cc1c(F)c(N2C[C@H](N)C(C)(C)C2)c(Cl)c2c1c(=O)c(C(=O)O)cn2C1CC1. The minimum absolute atomic E-state index is 0.0424. The molecular formula is C20H23ClFN3O3. The number of rotatable bonds is 3. The summed E-state index contributed by atoms with van der Waals surface area (Å²) in [4.78, 5) is 26.2. The second-order valence-electron chi connectivity index (χ2n) is 8.62. The number of nitrogens with zero attached hydrogens (tertiary/aromatic N) is 2. The summed E-state index contributed by atoms with van der Waals surface area (Å²) in [6.45, 7) is 6.54. The molecule has 1 atom stereocenters. The molecule has 150 valence electrons. The summed E-state index contributed by atoms with van der Waals surface area (Å²) in [6, 6.07) is -0.0762. The van der Waals surface area contributed by atoms with Gasteiger partial charge in [-0.2, -0.15) is 0 Å². The van der Waals surface area contributed by atoms with Gasteiger partial charge >= 0.3 is 5.97 Å². The third-order valence-electron chi connectivity index (χ3n) is 6.07. The quantitative estimate of drug-likeness (QED) is 0.814. The molecule has 6 nitrogen and oxygen atoms in total. The standard InChI is InChI=1S/C20H23ClFN3O3/c1-9-13-16(25(10-4-5-10)6-11(18(13)26)19(27)28)14(21)17(15(9)22)24-7-12(23)20(2,3)8-24/h6,10,12H,4-5,7-8,23H2,1-3H3,(H,27,28)/t12-/m0/s1. The van der Waals surface area contributed by atoms with E-state index in [1.807, 2.05) is 18.7 Å². The van der Waals surface area contributed by atoms with Crippen molar-refractivity contribution in [1.82, 2.24) is 4.57 Å². The van der Waals surface area contributed by atoms with E-state index in [-0.39, 0.29) is 44.7 Å². The zero-order valence-electron chi connectivity index (χ0n) is 16.1. The van der Waals surface area contributed by atoms with Gasteiger partial charge in [0.15, 0.2) is 5.82 Å². The lowest BCUT2D eigenvalue weighted by atomic mass is 9.89. The molecule has 0 radical (unpaired) electrons. The number of carboxylic acids is 1. The van der Waals surface area contributed by atoms with Crippen LogP contribution in [-0.4, -0.2) is 34.8 Å². The summed E-state index contributed by atoms with van der Waals surface area (Å²) in [5.41, 5.74) is 5.72. The average Bonchev–Trinajstić information content (AvgIpc) is 3.39. The van der Waals surface area contributed by atoms with Crippen molar-refractivity contribution < 1.29 is 14.3 Å². The Morgan fingerprint density at radius 3 is 2.54 bits per heavy atom. The Hall–Kier alpha value is -2.12. The third-order valence-corrected chi connectivity index (χ3v) is 6.43. The molecule has 8 heteroatoms. The van der Waals surface area contributed by atoms with Crippen LogP contribution in [-0.2, 0) is 0 Å². The number of benzene rings is 1. The molecular weight excluding hydrogens is 385 g/mol. The van der Waals surface area contributed by atoms with Crippen molar-refractivity contribution in [2.24, 2.45) is 11.1 Å². The van der Waals surface area contributed by atoms with Gasteiger partial charge in [-0.05, 0) is 25.2 Å². The molecule has 1 saturated carbocycles. The van der Waals surface area contributed by atoms with Crippen molar-refractivity contribution in [2.45, 2.75) is 45.7 Å². The lowest BCUT2D eigenvalue weighted by Gasteiger charge is -2.26. The number of fused-ring (bicyclic) bond motifs is 1. The first-order valence-electron chi connectivity index (χ1n) is 9.34. The van der Waals surface area contributed by atoms with Crippen LogP contribution in [0.1, 0.15) is 48.7 Å². The van der Waals surface area contributed by atoms with E-state index in [4.69, 9.17) is 17.3 Å². The van der Waals surface area contributed by atoms with Gasteiger partial charge in [0.25, 0.3) is 0 Å². The van der Waals surface area contributed by atoms with Gasteiger partial charge in [0.2, 0.25) is 5.43 Å². The van der Waals surface area contributed by atoms with Crippen LogP contribution < -0.4 is 16.1 Å². The Morgan fingerprint density at radius 2 is 2.04 bits per heavy atom. The fourth-order valence-corrected chi connectivity index (χ4v) is 4.49. The fraction of sp³-hybridized carbons (Fsp3) is 0.500. The zero-order chi connectivity index (χ0) is 20.5. The molecule has 2 aromatic rings. The van der Waals surface area contributed by atoms with E-state index in [2.05, 4.69) is 0 Å². The number of hydrogen-bond donors (Lipinski definition) is 2. The molecule has 3 N–H and O–H groups in total. The monoisotopic (exact) mass is 407 g/mol. The number of anilines is 1. The molecule has 2 heterocycles. The number of aryl methyl sites for hydroxylation is 1. The van der Waals surface area contributed by atoms with E-state index < -0.39 is 17.2 Å². The molecule has 0 amide bonds. The molecule has 0 bridgehead atoms. The second kappa shape index (κ2) is 6.19. The number of aromatic carboxylic acids is 1. The first-order chi connectivity index (χ1) is 13.0. The molecule has 1 aromatic carbocycles. The zero-order valence-corrected chi connectivity index (χ0v) is 16.8. The predicted octanol–water partition coefficient (Wildman–Crippen LogP) is 3.31. The van der Waals surface area contributed by atoms with E-state index in [9.17, 15) is 14.7 Å². The first kappa shape index (κ1) is 19.2. The summed E-state index contributed by atoms with van der Waals surface area (Å²) in [7, 11) is 0. The Bertz CT molecular complexity index is 1080. The molecule has 1 aliphatic heterocycles. The van der Waals surface area contributed by atoms with Gasteiger partial charge in [-0.25, -0.2) is 9.18 Å². The van der Waals surface area contributed by atoms with Crippen molar-refractivity contribution in [3.05, 3.63) is 38.4 Å². The maximum absolute atomic E-state index is 15.4. The van der Waals surface area contributed by atoms with Crippen LogP contribution in [0.2, 0.25) is 5.02 Å².